The average molecular weight is 314 g/mol. The zero-order chi connectivity index (χ0) is 14.7. The zero-order valence-electron chi connectivity index (χ0n) is 13.9. The molecule has 0 aliphatic carbocycles. The summed E-state index contributed by atoms with van der Waals surface area (Å²) in [5, 5.41) is 0. The first-order valence-corrected chi connectivity index (χ1v) is 11.4. The molecule has 0 rings (SSSR count). The Hall–Kier alpha value is 0.567. The number of hydrogen-bond acceptors (Lipinski definition) is 1. The molecule has 0 heterocycles. The maximum absolute atomic E-state index is 3.45. The van der Waals surface area contributed by atoms with Crippen LogP contribution >= 0.6 is 11.2 Å². The maximum atomic E-state index is 3.45. The van der Waals surface area contributed by atoms with E-state index in [4.69, 9.17) is 0 Å². The molecule has 0 aliphatic heterocycles. The predicted octanol–water partition coefficient (Wildman–Crippen LogP) is 7.06. The summed E-state index contributed by atoms with van der Waals surface area (Å²) in [6.45, 7) is 2.29. The predicted molar refractivity (Wildman–Crippen MR) is 97.8 cm³/mol. The van der Waals surface area contributed by atoms with E-state index in [9.17, 15) is 0 Å². The largest absolute Gasteiger partial charge is 0.193 e. The highest BCUT2D eigenvalue weighted by molar-refractivity contribution is 8.19. The number of rotatable bonds is 17. The van der Waals surface area contributed by atoms with E-state index in [2.05, 4.69) is 16.3 Å². The lowest BCUT2D eigenvalue weighted by Crippen LogP contribution is -1.84. The molecule has 0 aliphatic rings. The van der Waals surface area contributed by atoms with Crippen LogP contribution in [0.1, 0.15) is 110 Å². The molecule has 0 aromatic carbocycles. The van der Waals surface area contributed by atoms with Gasteiger partial charge in [-0.1, -0.05) is 103 Å². The minimum absolute atomic E-state index is 1.27. The quantitative estimate of drug-likeness (QED) is 0.204. The van der Waals surface area contributed by atoms with Gasteiger partial charge in [-0.15, -0.1) is 0 Å². The molecule has 0 nitrogen and oxygen atoms in total. The van der Waals surface area contributed by atoms with Crippen LogP contribution in [0, 0.1) is 0 Å². The van der Waals surface area contributed by atoms with Crippen molar-refractivity contribution in [3.05, 3.63) is 0 Å². The normalized spacial score (nSPS) is 11.1. The summed E-state index contributed by atoms with van der Waals surface area (Å²) in [5.41, 5.74) is 0. The van der Waals surface area contributed by atoms with Crippen LogP contribution in [-0.2, 0) is 0 Å². The fourth-order valence-corrected chi connectivity index (χ4v) is 3.50. The Bertz CT molecular complexity index is 143. The van der Waals surface area contributed by atoms with E-state index in [1.807, 2.05) is 0 Å². The van der Waals surface area contributed by atoms with Crippen molar-refractivity contribution in [2.45, 2.75) is 110 Å². The monoisotopic (exact) mass is 313 g/mol. The molecule has 0 atom stereocenters. The van der Waals surface area contributed by atoms with Crippen molar-refractivity contribution in [3.63, 3.8) is 0 Å². The van der Waals surface area contributed by atoms with E-state index in [1.54, 1.807) is 11.2 Å². The van der Waals surface area contributed by atoms with Gasteiger partial charge >= 0.3 is 0 Å². The molecule has 2 heteroatoms. The molecule has 0 saturated heterocycles. The summed E-state index contributed by atoms with van der Waals surface area (Å²) >= 11 is 1.79. The first-order chi connectivity index (χ1) is 9.91. The van der Waals surface area contributed by atoms with Gasteiger partial charge < -0.3 is 0 Å². The molecule has 0 fully saturated rings. The molecule has 0 aromatic heterocycles. The summed E-state index contributed by atoms with van der Waals surface area (Å²) in [7, 11) is 3.45. The molecule has 119 valence electrons. The minimum Gasteiger partial charge on any atom is -0.193 e. The highest BCUT2D eigenvalue weighted by Gasteiger charge is 1.94. The molecule has 0 saturated carbocycles. The Morgan fingerprint density at radius 2 is 0.800 bits per heavy atom. The van der Waals surface area contributed by atoms with E-state index in [-0.39, 0.29) is 0 Å². The van der Waals surface area contributed by atoms with Crippen molar-refractivity contribution in [1.29, 1.82) is 0 Å². The topological polar surface area (TPSA) is 0 Å². The molecule has 3 radical (unpaired) electrons. The van der Waals surface area contributed by atoms with Crippen molar-refractivity contribution in [2.75, 3.05) is 5.75 Å². The third-order valence-electron chi connectivity index (χ3n) is 4.10. The summed E-state index contributed by atoms with van der Waals surface area (Å²) in [6.07, 6.45) is 23.3. The summed E-state index contributed by atoms with van der Waals surface area (Å²) < 4.78 is 0. The Balaban J connectivity index is 2.89. The van der Waals surface area contributed by atoms with Gasteiger partial charge in [0.25, 0.3) is 0 Å². The first kappa shape index (κ1) is 20.6. The van der Waals surface area contributed by atoms with Crippen LogP contribution in [0.5, 0.6) is 0 Å². The van der Waals surface area contributed by atoms with E-state index in [1.165, 1.54) is 108 Å². The molecule has 20 heavy (non-hydrogen) atoms. The van der Waals surface area contributed by atoms with Gasteiger partial charge in [0.2, 0.25) is 0 Å². The van der Waals surface area contributed by atoms with Gasteiger partial charge in [0, 0.05) is 0 Å². The van der Waals surface area contributed by atoms with Crippen LogP contribution in [0.2, 0.25) is 0 Å². The molecular formula is C18H37SSi. The number of hydrogen-bond donors (Lipinski definition) is 0. The Kier molecular flexibility index (Phi) is 20.1. The van der Waals surface area contributed by atoms with Crippen LogP contribution in [0.15, 0.2) is 0 Å². The first-order valence-electron chi connectivity index (χ1n) is 9.20. The van der Waals surface area contributed by atoms with Crippen molar-refractivity contribution in [1.82, 2.24) is 0 Å². The lowest BCUT2D eigenvalue weighted by atomic mass is 10.0. The SMILES string of the molecule is CCCCCCCCCCCCCCCCCCS[Si]. The third-order valence-corrected chi connectivity index (χ3v) is 5.21. The van der Waals surface area contributed by atoms with Gasteiger partial charge in [-0.25, -0.2) is 0 Å². The van der Waals surface area contributed by atoms with Crippen LogP contribution in [0.3, 0.4) is 0 Å². The fraction of sp³-hybridized carbons (Fsp3) is 1.00. The lowest BCUT2D eigenvalue weighted by molar-refractivity contribution is 0.532. The van der Waals surface area contributed by atoms with Crippen LogP contribution in [0.25, 0.3) is 0 Å². The summed E-state index contributed by atoms with van der Waals surface area (Å²) in [6, 6.07) is 0. The Labute approximate surface area is 136 Å². The standard InChI is InChI=1S/C18H37SSi/c1-2-3-4-5-6-7-8-9-10-11-12-13-14-15-16-17-18-19-20/h2-18H2,1H3. The van der Waals surface area contributed by atoms with E-state index in [0.29, 0.717) is 0 Å². The average Bonchev–Trinajstić information content (AvgIpc) is 2.47. The van der Waals surface area contributed by atoms with Crippen LogP contribution in [0.4, 0.5) is 0 Å². The van der Waals surface area contributed by atoms with Crippen molar-refractivity contribution in [3.8, 4) is 0 Å². The van der Waals surface area contributed by atoms with Gasteiger partial charge in [0.1, 0.15) is 9.39 Å². The van der Waals surface area contributed by atoms with Crippen LogP contribution < -0.4 is 0 Å². The zero-order valence-corrected chi connectivity index (χ0v) is 15.7. The lowest BCUT2D eigenvalue weighted by Gasteiger charge is -2.03. The van der Waals surface area contributed by atoms with E-state index >= 15 is 0 Å². The van der Waals surface area contributed by atoms with Gasteiger partial charge in [-0.2, -0.15) is 11.2 Å². The Morgan fingerprint density at radius 3 is 1.10 bits per heavy atom. The van der Waals surface area contributed by atoms with Gasteiger partial charge in [0.15, 0.2) is 0 Å². The van der Waals surface area contributed by atoms with Gasteiger partial charge in [-0.3, -0.25) is 0 Å². The molecule has 0 spiro atoms. The molecule has 0 amide bonds. The third kappa shape index (κ3) is 18.6. The Morgan fingerprint density at radius 1 is 0.500 bits per heavy atom. The number of unbranched alkanes of at least 4 members (excludes halogenated alkanes) is 15. The molecule has 0 N–H and O–H groups in total. The molecule has 0 unspecified atom stereocenters. The summed E-state index contributed by atoms with van der Waals surface area (Å²) in [4.78, 5) is 0. The second kappa shape index (κ2) is 19.6. The van der Waals surface area contributed by atoms with Crippen molar-refractivity contribution in [2.24, 2.45) is 0 Å². The maximum Gasteiger partial charge on any atom is 0.120 e. The molecule has 0 aromatic rings. The second-order valence-electron chi connectivity index (χ2n) is 6.15. The van der Waals surface area contributed by atoms with E-state index < -0.39 is 0 Å². The van der Waals surface area contributed by atoms with Crippen molar-refractivity contribution < 1.29 is 0 Å². The smallest absolute Gasteiger partial charge is 0.120 e. The van der Waals surface area contributed by atoms with E-state index in [0.717, 1.165) is 0 Å². The minimum atomic E-state index is 1.27. The van der Waals surface area contributed by atoms with Crippen molar-refractivity contribution >= 4 is 20.6 Å². The van der Waals surface area contributed by atoms with Gasteiger partial charge in [0.05, 0.1) is 0 Å². The fourth-order valence-electron chi connectivity index (χ4n) is 2.72. The second-order valence-corrected chi connectivity index (χ2v) is 7.71. The molecular weight excluding hydrogens is 276 g/mol. The highest BCUT2D eigenvalue weighted by atomic mass is 32.4. The molecule has 0 bridgehead atoms. The highest BCUT2D eigenvalue weighted by Crippen LogP contribution is 2.13. The van der Waals surface area contributed by atoms with Gasteiger partial charge in [-0.05, 0) is 12.2 Å². The van der Waals surface area contributed by atoms with Crippen LogP contribution in [-0.4, -0.2) is 15.1 Å². The summed E-state index contributed by atoms with van der Waals surface area (Å²) in [5.74, 6) is 1.27.